The van der Waals surface area contributed by atoms with Crippen LogP contribution in [0.3, 0.4) is 0 Å². The van der Waals surface area contributed by atoms with Crippen LogP contribution in [-0.2, 0) is 12.8 Å². The quantitative estimate of drug-likeness (QED) is 0.876. The summed E-state index contributed by atoms with van der Waals surface area (Å²) in [7, 11) is 0. The van der Waals surface area contributed by atoms with Crippen LogP contribution in [0, 0.1) is 12.7 Å². The third-order valence-electron chi connectivity index (χ3n) is 3.81. The maximum absolute atomic E-state index is 13.9. The molecule has 1 aromatic heterocycles. The Labute approximate surface area is 117 Å². The molecular formula is C16H18FNS. The second-order valence-corrected chi connectivity index (χ2v) is 6.48. The Balaban J connectivity index is 1.97. The SMILES string of the molecule is Cc1ccc(F)c(C(N)c2cc3c(s2)CCCC3)c1. The first-order valence-electron chi connectivity index (χ1n) is 6.78. The van der Waals surface area contributed by atoms with Crippen LogP contribution in [0.25, 0.3) is 0 Å². The first-order chi connectivity index (χ1) is 9.15. The minimum Gasteiger partial charge on any atom is -0.320 e. The highest BCUT2D eigenvalue weighted by Gasteiger charge is 2.20. The molecule has 0 amide bonds. The largest absolute Gasteiger partial charge is 0.320 e. The maximum Gasteiger partial charge on any atom is 0.128 e. The lowest BCUT2D eigenvalue weighted by Gasteiger charge is -2.12. The van der Waals surface area contributed by atoms with E-state index in [0.29, 0.717) is 5.56 Å². The van der Waals surface area contributed by atoms with Crippen molar-refractivity contribution in [1.82, 2.24) is 0 Å². The lowest BCUT2D eigenvalue weighted by Crippen LogP contribution is -2.12. The number of hydrogen-bond donors (Lipinski definition) is 1. The molecule has 1 aromatic carbocycles. The minimum absolute atomic E-state index is 0.204. The second kappa shape index (κ2) is 5.06. The molecule has 1 aliphatic carbocycles. The van der Waals surface area contributed by atoms with Crippen molar-refractivity contribution < 1.29 is 4.39 Å². The summed E-state index contributed by atoms with van der Waals surface area (Å²) in [5.41, 5.74) is 9.35. The van der Waals surface area contributed by atoms with Gasteiger partial charge in [0.15, 0.2) is 0 Å². The predicted molar refractivity (Wildman–Crippen MR) is 78.1 cm³/mol. The van der Waals surface area contributed by atoms with E-state index in [1.54, 1.807) is 17.4 Å². The molecule has 0 fully saturated rings. The van der Waals surface area contributed by atoms with Gasteiger partial charge in [0, 0.05) is 15.3 Å². The summed E-state index contributed by atoms with van der Waals surface area (Å²) in [6.07, 6.45) is 4.83. The van der Waals surface area contributed by atoms with Crippen molar-refractivity contribution in [1.29, 1.82) is 0 Å². The van der Waals surface area contributed by atoms with Gasteiger partial charge in [0.1, 0.15) is 5.82 Å². The van der Waals surface area contributed by atoms with Crippen LogP contribution >= 0.6 is 11.3 Å². The molecule has 0 saturated carbocycles. The third-order valence-corrected chi connectivity index (χ3v) is 5.13. The Morgan fingerprint density at radius 3 is 2.79 bits per heavy atom. The highest BCUT2D eigenvalue weighted by Crippen LogP contribution is 2.35. The van der Waals surface area contributed by atoms with Crippen LogP contribution in [-0.4, -0.2) is 0 Å². The van der Waals surface area contributed by atoms with Gasteiger partial charge in [-0.15, -0.1) is 11.3 Å². The normalized spacial score (nSPS) is 16.2. The maximum atomic E-state index is 13.9. The number of benzene rings is 1. The van der Waals surface area contributed by atoms with Gasteiger partial charge in [-0.3, -0.25) is 0 Å². The fourth-order valence-corrected chi connectivity index (χ4v) is 4.00. The Kier molecular flexibility index (Phi) is 3.42. The van der Waals surface area contributed by atoms with E-state index in [4.69, 9.17) is 5.73 Å². The molecule has 3 rings (SSSR count). The van der Waals surface area contributed by atoms with E-state index in [1.807, 2.05) is 13.0 Å². The Hall–Kier alpha value is -1.19. The molecule has 0 bridgehead atoms. The van der Waals surface area contributed by atoms with Gasteiger partial charge in [0.2, 0.25) is 0 Å². The molecular weight excluding hydrogens is 257 g/mol. The Morgan fingerprint density at radius 1 is 1.21 bits per heavy atom. The predicted octanol–water partition coefficient (Wildman–Crippen LogP) is 4.12. The summed E-state index contributed by atoms with van der Waals surface area (Å²) < 4.78 is 13.9. The van der Waals surface area contributed by atoms with Gasteiger partial charge in [0.25, 0.3) is 0 Å². The van der Waals surface area contributed by atoms with Gasteiger partial charge in [-0.2, -0.15) is 0 Å². The van der Waals surface area contributed by atoms with Crippen LogP contribution in [0.2, 0.25) is 0 Å². The molecule has 1 nitrogen and oxygen atoms in total. The highest BCUT2D eigenvalue weighted by atomic mass is 32.1. The van der Waals surface area contributed by atoms with E-state index < -0.39 is 0 Å². The van der Waals surface area contributed by atoms with Gasteiger partial charge in [-0.05, 0) is 50.3 Å². The molecule has 1 heterocycles. The van der Waals surface area contributed by atoms with Gasteiger partial charge in [-0.25, -0.2) is 4.39 Å². The lowest BCUT2D eigenvalue weighted by molar-refractivity contribution is 0.600. The summed E-state index contributed by atoms with van der Waals surface area (Å²) >= 11 is 1.76. The van der Waals surface area contributed by atoms with Crippen LogP contribution in [0.4, 0.5) is 4.39 Å². The molecule has 0 spiro atoms. The zero-order valence-corrected chi connectivity index (χ0v) is 11.9. The fourth-order valence-electron chi connectivity index (χ4n) is 2.72. The standard InChI is InChI=1S/C16H18FNS/c1-10-6-7-13(17)12(8-10)16(18)15-9-11-4-2-3-5-14(11)19-15/h6-9,16H,2-5,18H2,1H3. The molecule has 100 valence electrons. The molecule has 0 saturated heterocycles. The number of nitrogens with two attached hydrogens (primary N) is 1. The van der Waals surface area contributed by atoms with Crippen LogP contribution in [0.1, 0.15) is 45.3 Å². The molecule has 0 radical (unpaired) electrons. The lowest BCUT2D eigenvalue weighted by atomic mass is 9.97. The monoisotopic (exact) mass is 275 g/mol. The molecule has 1 aliphatic rings. The Bertz CT molecular complexity index is 579. The number of aryl methyl sites for hydroxylation is 3. The zero-order chi connectivity index (χ0) is 13.4. The number of halogens is 1. The summed E-state index contributed by atoms with van der Waals surface area (Å²) in [4.78, 5) is 2.54. The number of thiophene rings is 1. The number of rotatable bonds is 2. The van der Waals surface area contributed by atoms with Crippen LogP contribution in [0.5, 0.6) is 0 Å². The Morgan fingerprint density at radius 2 is 2.00 bits per heavy atom. The molecule has 19 heavy (non-hydrogen) atoms. The average Bonchev–Trinajstić information content (AvgIpc) is 2.84. The van der Waals surface area contributed by atoms with Crippen molar-refractivity contribution in [2.45, 2.75) is 38.6 Å². The first kappa shape index (κ1) is 12.8. The summed E-state index contributed by atoms with van der Waals surface area (Å²) in [6, 6.07) is 7.00. The van der Waals surface area contributed by atoms with E-state index in [-0.39, 0.29) is 11.9 Å². The van der Waals surface area contributed by atoms with Crippen molar-refractivity contribution in [2.24, 2.45) is 5.73 Å². The molecule has 0 aliphatic heterocycles. The minimum atomic E-state index is -0.337. The second-order valence-electron chi connectivity index (χ2n) is 5.31. The van der Waals surface area contributed by atoms with Crippen molar-refractivity contribution in [3.05, 3.63) is 56.5 Å². The first-order valence-corrected chi connectivity index (χ1v) is 7.60. The summed E-state index contributed by atoms with van der Waals surface area (Å²) in [6.45, 7) is 1.97. The van der Waals surface area contributed by atoms with E-state index in [9.17, 15) is 4.39 Å². The van der Waals surface area contributed by atoms with E-state index in [0.717, 1.165) is 23.3 Å². The average molecular weight is 275 g/mol. The van der Waals surface area contributed by atoms with Gasteiger partial charge >= 0.3 is 0 Å². The number of fused-ring (bicyclic) bond motifs is 1. The molecule has 2 aromatic rings. The molecule has 3 heteroatoms. The van der Waals surface area contributed by atoms with Crippen molar-refractivity contribution >= 4 is 11.3 Å². The smallest absolute Gasteiger partial charge is 0.128 e. The summed E-state index contributed by atoms with van der Waals surface area (Å²) in [5.74, 6) is -0.204. The third kappa shape index (κ3) is 2.45. The van der Waals surface area contributed by atoms with Crippen molar-refractivity contribution in [2.75, 3.05) is 0 Å². The van der Waals surface area contributed by atoms with Gasteiger partial charge in [0.05, 0.1) is 6.04 Å². The molecule has 1 atom stereocenters. The van der Waals surface area contributed by atoms with Crippen molar-refractivity contribution in [3.63, 3.8) is 0 Å². The number of hydrogen-bond acceptors (Lipinski definition) is 2. The van der Waals surface area contributed by atoms with E-state index in [2.05, 4.69) is 6.07 Å². The topological polar surface area (TPSA) is 26.0 Å². The van der Waals surface area contributed by atoms with E-state index >= 15 is 0 Å². The molecule has 1 unspecified atom stereocenters. The zero-order valence-electron chi connectivity index (χ0n) is 11.1. The van der Waals surface area contributed by atoms with Crippen LogP contribution in [0.15, 0.2) is 24.3 Å². The van der Waals surface area contributed by atoms with E-state index in [1.165, 1.54) is 29.3 Å². The molecule has 2 N–H and O–H groups in total. The van der Waals surface area contributed by atoms with Crippen molar-refractivity contribution in [3.8, 4) is 0 Å². The van der Waals surface area contributed by atoms with Crippen LogP contribution < -0.4 is 5.73 Å². The van der Waals surface area contributed by atoms with Gasteiger partial charge < -0.3 is 5.73 Å². The fraction of sp³-hybridized carbons (Fsp3) is 0.375. The summed E-state index contributed by atoms with van der Waals surface area (Å²) in [5, 5.41) is 0. The highest BCUT2D eigenvalue weighted by molar-refractivity contribution is 7.12. The van der Waals surface area contributed by atoms with Gasteiger partial charge in [-0.1, -0.05) is 17.7 Å².